The maximum Gasteiger partial charge on any atom is 0.125 e. The molecule has 2 heterocycles. The number of aromatic nitrogens is 1. The fourth-order valence-corrected chi connectivity index (χ4v) is 10.6. The molecule has 1 fully saturated rings. The Bertz CT molecular complexity index is 3110. The summed E-state index contributed by atoms with van der Waals surface area (Å²) >= 11 is 1.85. The van der Waals surface area contributed by atoms with Gasteiger partial charge in [0.15, 0.2) is 0 Å². The maximum absolute atomic E-state index is 14.7. The molecule has 0 radical (unpaired) electrons. The van der Waals surface area contributed by atoms with Gasteiger partial charge in [-0.25, -0.2) is 8.78 Å². The van der Waals surface area contributed by atoms with Crippen molar-refractivity contribution in [2.45, 2.75) is 38.0 Å². The molecule has 11 rings (SSSR count). The molecule has 1 aliphatic carbocycles. The van der Waals surface area contributed by atoms with Crippen LogP contribution in [0.4, 0.5) is 25.8 Å². The van der Waals surface area contributed by atoms with Gasteiger partial charge in [0.05, 0.1) is 11.0 Å². The minimum atomic E-state index is -0.328. The molecular weight excluding hydrogens is 747 g/mol. The van der Waals surface area contributed by atoms with Gasteiger partial charge in [0.1, 0.15) is 11.6 Å². The molecule has 59 heavy (non-hydrogen) atoms. The van der Waals surface area contributed by atoms with Crippen molar-refractivity contribution in [3.05, 3.63) is 193 Å². The second kappa shape index (κ2) is 14.7. The molecule has 0 N–H and O–H groups in total. The van der Waals surface area contributed by atoms with E-state index in [1.165, 1.54) is 93.2 Å². The van der Waals surface area contributed by atoms with Gasteiger partial charge in [-0.3, -0.25) is 0 Å². The van der Waals surface area contributed by atoms with Crippen LogP contribution in [-0.4, -0.2) is 4.57 Å². The van der Waals surface area contributed by atoms with E-state index >= 15 is 0 Å². The van der Waals surface area contributed by atoms with Crippen LogP contribution in [0, 0.1) is 11.6 Å². The molecule has 286 valence electrons. The van der Waals surface area contributed by atoms with Crippen molar-refractivity contribution in [1.29, 1.82) is 0 Å². The van der Waals surface area contributed by atoms with E-state index in [1.54, 1.807) is 12.1 Å². The Morgan fingerprint density at radius 2 is 1.12 bits per heavy atom. The quantitative estimate of drug-likeness (QED) is 0.156. The minimum absolute atomic E-state index is 0.328. The predicted molar refractivity (Wildman–Crippen MR) is 245 cm³/mol. The Morgan fingerprint density at radius 1 is 0.475 bits per heavy atom. The first kappa shape index (κ1) is 35.6. The lowest BCUT2D eigenvalue weighted by Crippen LogP contribution is -2.11. The number of anilines is 3. The van der Waals surface area contributed by atoms with Crippen LogP contribution in [0.3, 0.4) is 0 Å². The van der Waals surface area contributed by atoms with E-state index in [0.717, 1.165) is 44.6 Å². The maximum atomic E-state index is 14.7. The summed E-state index contributed by atoms with van der Waals surface area (Å²) in [5.41, 5.74) is 11.5. The SMILES string of the molecule is Fc1ccc2c3ccc(F)cc3n(-c3cccc(-c4ccc(N(c5ccc(-c6cccc7sc8ccccc8c67)cc5)c5cccc(C6CCCCC6)c5)cc4)c3)c2c1. The summed E-state index contributed by atoms with van der Waals surface area (Å²) in [6.07, 6.45) is 6.40. The lowest BCUT2D eigenvalue weighted by molar-refractivity contribution is 0.443. The normalized spacial score (nSPS) is 13.5. The predicted octanol–water partition coefficient (Wildman–Crippen LogP) is 16.3. The lowest BCUT2D eigenvalue weighted by atomic mass is 9.84. The van der Waals surface area contributed by atoms with Crippen LogP contribution < -0.4 is 4.90 Å². The van der Waals surface area contributed by atoms with Gasteiger partial charge in [0.25, 0.3) is 0 Å². The number of fused-ring (bicyclic) bond motifs is 6. The monoisotopic (exact) mass is 786 g/mol. The second-order valence-electron chi connectivity index (χ2n) is 15.8. The Balaban J connectivity index is 0.986. The van der Waals surface area contributed by atoms with Crippen molar-refractivity contribution in [3.63, 3.8) is 0 Å². The van der Waals surface area contributed by atoms with Gasteiger partial charge in [0.2, 0.25) is 0 Å². The molecule has 2 aromatic heterocycles. The third kappa shape index (κ3) is 6.37. The van der Waals surface area contributed by atoms with E-state index in [-0.39, 0.29) is 11.6 Å². The highest BCUT2D eigenvalue weighted by Gasteiger charge is 2.20. The molecule has 1 saturated carbocycles. The van der Waals surface area contributed by atoms with Crippen LogP contribution in [0.2, 0.25) is 0 Å². The largest absolute Gasteiger partial charge is 0.310 e. The van der Waals surface area contributed by atoms with E-state index in [9.17, 15) is 8.78 Å². The highest BCUT2D eigenvalue weighted by molar-refractivity contribution is 7.25. The van der Waals surface area contributed by atoms with E-state index in [0.29, 0.717) is 17.0 Å². The van der Waals surface area contributed by atoms with Gasteiger partial charge in [-0.15, -0.1) is 11.3 Å². The van der Waals surface area contributed by atoms with Crippen LogP contribution in [0.5, 0.6) is 0 Å². The Kier molecular flexibility index (Phi) is 8.85. The molecular formula is C54H40F2N2S. The minimum Gasteiger partial charge on any atom is -0.310 e. The Hall–Kier alpha value is -6.56. The van der Waals surface area contributed by atoms with Crippen molar-refractivity contribution in [3.8, 4) is 27.9 Å². The number of benzene rings is 8. The molecule has 0 atom stereocenters. The summed E-state index contributed by atoms with van der Waals surface area (Å²) in [6, 6.07) is 60.0. The van der Waals surface area contributed by atoms with Gasteiger partial charge in [-0.05, 0) is 144 Å². The average Bonchev–Trinajstić information content (AvgIpc) is 3.82. The summed E-state index contributed by atoms with van der Waals surface area (Å²) in [6.45, 7) is 0. The smallest absolute Gasteiger partial charge is 0.125 e. The summed E-state index contributed by atoms with van der Waals surface area (Å²) < 4.78 is 33.9. The van der Waals surface area contributed by atoms with Crippen molar-refractivity contribution >= 4 is 70.4 Å². The molecule has 0 bridgehead atoms. The molecule has 2 nitrogen and oxygen atoms in total. The van der Waals surface area contributed by atoms with Gasteiger partial charge in [0, 0.05) is 53.7 Å². The fourth-order valence-electron chi connectivity index (χ4n) is 9.48. The van der Waals surface area contributed by atoms with Gasteiger partial charge in [-0.2, -0.15) is 0 Å². The number of nitrogens with zero attached hydrogens (tertiary/aromatic N) is 2. The van der Waals surface area contributed by atoms with E-state index in [2.05, 4.69) is 132 Å². The van der Waals surface area contributed by atoms with Gasteiger partial charge >= 0.3 is 0 Å². The number of hydrogen-bond donors (Lipinski definition) is 0. The van der Waals surface area contributed by atoms with Crippen LogP contribution in [0.1, 0.15) is 43.6 Å². The van der Waals surface area contributed by atoms with Crippen LogP contribution in [0.25, 0.3) is 69.9 Å². The third-order valence-corrected chi connectivity index (χ3v) is 13.4. The first-order chi connectivity index (χ1) is 29.1. The van der Waals surface area contributed by atoms with Crippen molar-refractivity contribution < 1.29 is 8.78 Å². The number of halogens is 2. The average molecular weight is 787 g/mol. The summed E-state index contributed by atoms with van der Waals surface area (Å²) in [7, 11) is 0. The number of thiophene rings is 1. The van der Waals surface area contributed by atoms with Gasteiger partial charge < -0.3 is 9.47 Å². The van der Waals surface area contributed by atoms with Crippen molar-refractivity contribution in [2.75, 3.05) is 4.90 Å². The zero-order valence-electron chi connectivity index (χ0n) is 32.4. The molecule has 0 unspecified atom stereocenters. The molecule has 5 heteroatoms. The zero-order valence-corrected chi connectivity index (χ0v) is 33.2. The first-order valence-corrected chi connectivity index (χ1v) is 21.4. The molecule has 10 aromatic rings. The van der Waals surface area contributed by atoms with E-state index in [1.807, 2.05) is 28.0 Å². The van der Waals surface area contributed by atoms with Crippen LogP contribution >= 0.6 is 11.3 Å². The molecule has 0 spiro atoms. The standard InChI is InChI=1S/C54H40F2N2S/c55-40-23-29-47-48-30-24-41(56)34-51(48)58(50(47)33-40)45-14-7-12-39(32-45)36-19-25-42(26-20-36)57(44-13-6-11-38(31-44)35-9-2-1-3-10-35)43-27-21-37(22-28-43)46-16-8-18-53-54(46)49-15-4-5-17-52(49)59-53/h4-8,11-35H,1-3,9-10H2. The molecule has 1 aliphatic rings. The molecule has 8 aromatic carbocycles. The van der Waals surface area contributed by atoms with Crippen LogP contribution in [0.15, 0.2) is 176 Å². The Morgan fingerprint density at radius 3 is 1.85 bits per heavy atom. The number of rotatable bonds is 7. The third-order valence-electron chi connectivity index (χ3n) is 12.3. The van der Waals surface area contributed by atoms with E-state index in [4.69, 9.17) is 0 Å². The van der Waals surface area contributed by atoms with E-state index < -0.39 is 0 Å². The highest BCUT2D eigenvalue weighted by atomic mass is 32.1. The summed E-state index contributed by atoms with van der Waals surface area (Å²) in [5.74, 6) is -0.0672. The fraction of sp³-hybridized carbons (Fsp3) is 0.111. The van der Waals surface area contributed by atoms with Crippen LogP contribution in [-0.2, 0) is 0 Å². The Labute approximate surface area is 346 Å². The topological polar surface area (TPSA) is 8.17 Å². The molecule has 0 saturated heterocycles. The second-order valence-corrected chi connectivity index (χ2v) is 16.9. The first-order valence-electron chi connectivity index (χ1n) is 20.6. The molecule has 0 amide bonds. The zero-order chi connectivity index (χ0) is 39.5. The highest BCUT2D eigenvalue weighted by Crippen LogP contribution is 2.43. The van der Waals surface area contributed by atoms with Crippen molar-refractivity contribution in [1.82, 2.24) is 4.57 Å². The lowest BCUT2D eigenvalue weighted by Gasteiger charge is -2.28. The molecule has 0 aliphatic heterocycles. The van der Waals surface area contributed by atoms with Crippen molar-refractivity contribution in [2.24, 2.45) is 0 Å². The summed E-state index contributed by atoms with van der Waals surface area (Å²) in [4.78, 5) is 2.37. The van der Waals surface area contributed by atoms with Gasteiger partial charge in [-0.1, -0.05) is 98.1 Å². The number of hydrogen-bond acceptors (Lipinski definition) is 2. The summed E-state index contributed by atoms with van der Waals surface area (Å²) in [5, 5.41) is 4.38.